The van der Waals surface area contributed by atoms with Gasteiger partial charge in [-0.05, 0) is 39.8 Å². The Bertz CT molecular complexity index is 890. The number of benzene rings is 3. The van der Waals surface area contributed by atoms with Crippen molar-refractivity contribution in [2.45, 2.75) is 59.0 Å². The number of hydrogen-bond donors (Lipinski definition) is 1. The van der Waals surface area contributed by atoms with Crippen LogP contribution in [0.4, 0.5) is 0 Å². The van der Waals surface area contributed by atoms with Crippen molar-refractivity contribution in [1.29, 1.82) is 0 Å². The van der Waals surface area contributed by atoms with Crippen LogP contribution in [-0.2, 0) is 18.5 Å². The Balaban J connectivity index is 1.72. The Hall–Kier alpha value is -2.32. The minimum Gasteiger partial charge on any atom is -0.493 e. The fraction of sp³-hybridized carbons (Fsp3) is 0.385. The molecular weight excluding hydrogens is 342 g/mol. The first kappa shape index (κ1) is 20.4. The van der Waals surface area contributed by atoms with Crippen LogP contribution in [-0.4, -0.2) is 6.61 Å². The molecule has 0 amide bonds. The zero-order valence-corrected chi connectivity index (χ0v) is 17.7. The normalized spacial score (nSPS) is 11.7. The van der Waals surface area contributed by atoms with E-state index < -0.39 is 0 Å². The Morgan fingerprint density at radius 1 is 0.857 bits per heavy atom. The minimum absolute atomic E-state index is 0.194. The molecule has 0 atom stereocenters. The van der Waals surface area contributed by atoms with Crippen LogP contribution in [0.15, 0.2) is 60.7 Å². The number of ether oxygens (including phenoxy) is 1. The van der Waals surface area contributed by atoms with Gasteiger partial charge in [0.2, 0.25) is 0 Å². The summed E-state index contributed by atoms with van der Waals surface area (Å²) in [4.78, 5) is 0. The molecule has 3 aromatic carbocycles. The van der Waals surface area contributed by atoms with E-state index in [-0.39, 0.29) is 5.41 Å². The average Bonchev–Trinajstić information content (AvgIpc) is 2.69. The number of rotatable bonds is 8. The number of nitrogens with one attached hydrogen (secondary N) is 1. The highest BCUT2D eigenvalue weighted by Crippen LogP contribution is 2.28. The highest BCUT2D eigenvalue weighted by atomic mass is 16.5. The van der Waals surface area contributed by atoms with Gasteiger partial charge in [-0.25, -0.2) is 0 Å². The summed E-state index contributed by atoms with van der Waals surface area (Å²) in [6, 6.07) is 21.8. The molecule has 0 heterocycles. The van der Waals surface area contributed by atoms with Gasteiger partial charge in [0.1, 0.15) is 5.75 Å². The molecule has 1 N–H and O–H groups in total. The monoisotopic (exact) mass is 375 g/mol. The fourth-order valence-corrected chi connectivity index (χ4v) is 3.41. The highest BCUT2D eigenvalue weighted by molar-refractivity contribution is 5.87. The summed E-state index contributed by atoms with van der Waals surface area (Å²) in [7, 11) is 0. The predicted molar refractivity (Wildman–Crippen MR) is 120 cm³/mol. The summed E-state index contributed by atoms with van der Waals surface area (Å²) >= 11 is 0. The number of unbranched alkanes of at least 4 members (excludes halogenated alkanes) is 1. The van der Waals surface area contributed by atoms with Crippen LogP contribution in [0.5, 0.6) is 5.75 Å². The largest absolute Gasteiger partial charge is 0.493 e. The quantitative estimate of drug-likeness (QED) is 0.447. The average molecular weight is 376 g/mol. The summed E-state index contributed by atoms with van der Waals surface area (Å²) in [5.74, 6) is 1.00. The molecule has 0 spiro atoms. The predicted octanol–water partition coefficient (Wildman–Crippen LogP) is 6.61. The molecule has 0 saturated heterocycles. The smallest absolute Gasteiger partial charge is 0.124 e. The van der Waals surface area contributed by atoms with Crippen molar-refractivity contribution in [3.05, 3.63) is 77.4 Å². The third-order valence-corrected chi connectivity index (χ3v) is 5.20. The fourth-order valence-electron chi connectivity index (χ4n) is 3.41. The van der Waals surface area contributed by atoms with Crippen LogP contribution >= 0.6 is 0 Å². The van der Waals surface area contributed by atoms with Gasteiger partial charge in [-0.15, -0.1) is 0 Å². The molecule has 0 aromatic heterocycles. The van der Waals surface area contributed by atoms with E-state index >= 15 is 0 Å². The van der Waals surface area contributed by atoms with Gasteiger partial charge in [-0.2, -0.15) is 0 Å². The van der Waals surface area contributed by atoms with E-state index in [9.17, 15) is 0 Å². The molecule has 3 rings (SSSR count). The SMILES string of the molecule is CCCCOc1ccc2ccccc2c1CNCc1ccc(C(C)(C)C)cc1. The van der Waals surface area contributed by atoms with Crippen LogP contribution in [0, 0.1) is 0 Å². The van der Waals surface area contributed by atoms with Crippen LogP contribution in [0.25, 0.3) is 10.8 Å². The second-order valence-corrected chi connectivity index (χ2v) is 8.52. The van der Waals surface area contributed by atoms with Crippen LogP contribution in [0.2, 0.25) is 0 Å². The Kier molecular flexibility index (Phi) is 6.74. The number of fused-ring (bicyclic) bond motifs is 1. The standard InChI is InChI=1S/C26H33NO/c1-5-6-17-28-25-16-13-21-9-7-8-10-23(21)24(25)19-27-18-20-11-14-22(15-12-20)26(2,3)4/h7-16,27H,5-6,17-19H2,1-4H3. The maximum atomic E-state index is 6.10. The maximum Gasteiger partial charge on any atom is 0.124 e. The Morgan fingerprint density at radius 2 is 1.61 bits per heavy atom. The Morgan fingerprint density at radius 3 is 2.32 bits per heavy atom. The first-order chi connectivity index (χ1) is 13.5. The van der Waals surface area contributed by atoms with Crippen molar-refractivity contribution >= 4 is 10.8 Å². The van der Waals surface area contributed by atoms with E-state index in [1.54, 1.807) is 0 Å². The van der Waals surface area contributed by atoms with E-state index in [4.69, 9.17) is 4.74 Å². The van der Waals surface area contributed by atoms with Gasteiger partial charge in [0, 0.05) is 18.7 Å². The molecule has 28 heavy (non-hydrogen) atoms. The van der Waals surface area contributed by atoms with Gasteiger partial charge in [-0.3, -0.25) is 0 Å². The van der Waals surface area contributed by atoms with Crippen LogP contribution < -0.4 is 10.1 Å². The van der Waals surface area contributed by atoms with E-state index in [1.165, 1.54) is 27.5 Å². The molecule has 0 aliphatic heterocycles. The zero-order valence-electron chi connectivity index (χ0n) is 17.7. The van der Waals surface area contributed by atoms with Gasteiger partial charge in [0.25, 0.3) is 0 Å². The molecular formula is C26H33NO. The van der Waals surface area contributed by atoms with Gasteiger partial charge < -0.3 is 10.1 Å². The molecule has 3 aromatic rings. The van der Waals surface area contributed by atoms with E-state index in [0.29, 0.717) is 0 Å². The zero-order chi connectivity index (χ0) is 20.0. The maximum absolute atomic E-state index is 6.10. The summed E-state index contributed by atoms with van der Waals surface area (Å²) in [5, 5.41) is 6.15. The molecule has 0 unspecified atom stereocenters. The van der Waals surface area contributed by atoms with Crippen molar-refractivity contribution in [2.24, 2.45) is 0 Å². The lowest BCUT2D eigenvalue weighted by Gasteiger charge is -2.19. The van der Waals surface area contributed by atoms with Crippen molar-refractivity contribution in [1.82, 2.24) is 5.32 Å². The molecule has 2 heteroatoms. The third-order valence-electron chi connectivity index (χ3n) is 5.20. The molecule has 148 valence electrons. The van der Waals surface area contributed by atoms with Crippen molar-refractivity contribution in [3.8, 4) is 5.75 Å². The topological polar surface area (TPSA) is 21.3 Å². The van der Waals surface area contributed by atoms with Gasteiger partial charge >= 0.3 is 0 Å². The molecule has 0 bridgehead atoms. The van der Waals surface area contributed by atoms with Crippen LogP contribution in [0.1, 0.15) is 57.2 Å². The number of hydrogen-bond acceptors (Lipinski definition) is 2. The lowest BCUT2D eigenvalue weighted by Crippen LogP contribution is -2.15. The first-order valence-electron chi connectivity index (χ1n) is 10.4. The van der Waals surface area contributed by atoms with Crippen molar-refractivity contribution < 1.29 is 4.74 Å². The van der Waals surface area contributed by atoms with Gasteiger partial charge in [0.15, 0.2) is 0 Å². The van der Waals surface area contributed by atoms with Gasteiger partial charge in [-0.1, -0.05) is 88.7 Å². The lowest BCUT2D eigenvalue weighted by atomic mass is 9.87. The summed E-state index contributed by atoms with van der Waals surface area (Å²) in [6.45, 7) is 11.4. The molecule has 2 nitrogen and oxygen atoms in total. The third kappa shape index (κ3) is 5.14. The summed E-state index contributed by atoms with van der Waals surface area (Å²) in [5.41, 5.74) is 4.12. The first-order valence-corrected chi connectivity index (χ1v) is 10.4. The van der Waals surface area contributed by atoms with E-state index in [0.717, 1.165) is 38.3 Å². The molecule has 0 aliphatic carbocycles. The van der Waals surface area contributed by atoms with Crippen molar-refractivity contribution in [3.63, 3.8) is 0 Å². The summed E-state index contributed by atoms with van der Waals surface area (Å²) < 4.78 is 6.10. The second kappa shape index (κ2) is 9.25. The van der Waals surface area contributed by atoms with E-state index in [2.05, 4.69) is 93.7 Å². The highest BCUT2D eigenvalue weighted by Gasteiger charge is 2.13. The van der Waals surface area contributed by atoms with Gasteiger partial charge in [0.05, 0.1) is 6.61 Å². The molecule has 0 radical (unpaired) electrons. The second-order valence-electron chi connectivity index (χ2n) is 8.52. The Labute approximate surface area is 169 Å². The lowest BCUT2D eigenvalue weighted by molar-refractivity contribution is 0.306. The minimum atomic E-state index is 0.194. The molecule has 0 fully saturated rings. The van der Waals surface area contributed by atoms with Crippen LogP contribution in [0.3, 0.4) is 0 Å². The summed E-state index contributed by atoms with van der Waals surface area (Å²) in [6.07, 6.45) is 2.23. The molecule has 0 saturated carbocycles. The van der Waals surface area contributed by atoms with E-state index in [1.807, 2.05) is 0 Å². The molecule has 0 aliphatic rings. The van der Waals surface area contributed by atoms with Crippen molar-refractivity contribution in [2.75, 3.05) is 6.61 Å².